The van der Waals surface area contributed by atoms with Crippen molar-refractivity contribution in [1.82, 2.24) is 4.98 Å². The van der Waals surface area contributed by atoms with Gasteiger partial charge in [-0.1, -0.05) is 24.3 Å². The van der Waals surface area contributed by atoms with Gasteiger partial charge in [-0.3, -0.25) is 4.79 Å². The van der Waals surface area contributed by atoms with E-state index in [1.165, 1.54) is 24.4 Å². The molecule has 1 aromatic heterocycles. The van der Waals surface area contributed by atoms with Gasteiger partial charge < -0.3 is 10.6 Å². The fourth-order valence-electron chi connectivity index (χ4n) is 2.21. The summed E-state index contributed by atoms with van der Waals surface area (Å²) in [6.45, 7) is 0. The molecular weight excluding hydrogens is 319 g/mol. The number of pyridine rings is 1. The Morgan fingerprint density at radius 2 is 1.80 bits per heavy atom. The Labute approximate surface area is 143 Å². The number of carbonyl (C=O) groups is 1. The molecule has 25 heavy (non-hydrogen) atoms. The number of amides is 1. The van der Waals surface area contributed by atoms with Crippen LogP contribution >= 0.6 is 0 Å². The summed E-state index contributed by atoms with van der Waals surface area (Å²) in [6, 6.07) is 18.2. The van der Waals surface area contributed by atoms with E-state index in [0.29, 0.717) is 22.8 Å². The van der Waals surface area contributed by atoms with E-state index in [2.05, 4.69) is 21.7 Å². The fraction of sp³-hybridized carbons (Fsp3) is 0. The molecule has 0 bridgehead atoms. The minimum Gasteiger partial charge on any atom is -0.339 e. The molecule has 0 spiro atoms. The van der Waals surface area contributed by atoms with Gasteiger partial charge in [0, 0.05) is 0 Å². The van der Waals surface area contributed by atoms with Gasteiger partial charge in [-0.15, -0.1) is 0 Å². The third kappa shape index (κ3) is 3.79. The van der Waals surface area contributed by atoms with Gasteiger partial charge in [0.05, 0.1) is 28.7 Å². The van der Waals surface area contributed by atoms with Gasteiger partial charge >= 0.3 is 0 Å². The first-order valence-electron chi connectivity index (χ1n) is 7.45. The Bertz CT molecular complexity index is 948. The minimum absolute atomic E-state index is 0.0346. The van der Waals surface area contributed by atoms with E-state index in [4.69, 9.17) is 5.26 Å². The number of hydrogen-bond acceptors (Lipinski definition) is 4. The maximum absolute atomic E-state index is 13.6. The van der Waals surface area contributed by atoms with Gasteiger partial charge in [-0.2, -0.15) is 5.26 Å². The van der Waals surface area contributed by atoms with E-state index in [-0.39, 0.29) is 5.56 Å². The van der Waals surface area contributed by atoms with Crippen LogP contribution in [0.15, 0.2) is 66.9 Å². The number of halogens is 1. The lowest BCUT2D eigenvalue weighted by atomic mass is 10.2. The fourth-order valence-corrected chi connectivity index (χ4v) is 2.21. The van der Waals surface area contributed by atoms with Crippen LogP contribution in [-0.2, 0) is 0 Å². The standard InChI is InChI=1S/C19H13FN4O/c20-16-7-3-2-6-15(16)19(25)23-14-9-10-18(22-12-14)24-17-8-4-1-5-13(17)11-21/h1-10,12H,(H,22,24)(H,23,25). The topological polar surface area (TPSA) is 77.8 Å². The predicted molar refractivity (Wildman–Crippen MR) is 93.0 cm³/mol. The number of nitrogens with one attached hydrogen (secondary N) is 2. The van der Waals surface area contributed by atoms with Crippen LogP contribution in [0.2, 0.25) is 0 Å². The predicted octanol–water partition coefficient (Wildman–Crippen LogP) is 4.09. The second kappa shape index (κ2) is 7.23. The Morgan fingerprint density at radius 3 is 2.52 bits per heavy atom. The van der Waals surface area contributed by atoms with Crippen LogP contribution in [0.3, 0.4) is 0 Å². The summed E-state index contributed by atoms with van der Waals surface area (Å²) >= 11 is 0. The Morgan fingerprint density at radius 1 is 1.04 bits per heavy atom. The number of aromatic nitrogens is 1. The lowest BCUT2D eigenvalue weighted by Crippen LogP contribution is -2.13. The number of rotatable bonds is 4. The zero-order chi connectivity index (χ0) is 17.6. The van der Waals surface area contributed by atoms with E-state index in [1.807, 2.05) is 6.07 Å². The molecule has 3 aromatic rings. The Kier molecular flexibility index (Phi) is 4.67. The molecule has 2 N–H and O–H groups in total. The number of nitrogens with zero attached hydrogens (tertiary/aromatic N) is 2. The molecule has 6 heteroatoms. The second-order valence-corrected chi connectivity index (χ2v) is 5.15. The van der Waals surface area contributed by atoms with Crippen LogP contribution in [0, 0.1) is 17.1 Å². The molecule has 0 saturated carbocycles. The van der Waals surface area contributed by atoms with Crippen LogP contribution in [0.25, 0.3) is 0 Å². The Balaban J connectivity index is 1.72. The van der Waals surface area contributed by atoms with Crippen LogP contribution < -0.4 is 10.6 Å². The lowest BCUT2D eigenvalue weighted by Gasteiger charge is -2.09. The third-order valence-electron chi connectivity index (χ3n) is 3.45. The third-order valence-corrected chi connectivity index (χ3v) is 3.45. The number of carbonyl (C=O) groups excluding carboxylic acids is 1. The first-order chi connectivity index (χ1) is 12.2. The summed E-state index contributed by atoms with van der Waals surface area (Å²) in [5.41, 5.74) is 1.54. The number of hydrogen-bond donors (Lipinski definition) is 2. The number of anilines is 3. The zero-order valence-corrected chi connectivity index (χ0v) is 13.0. The largest absolute Gasteiger partial charge is 0.339 e. The van der Waals surface area contributed by atoms with Gasteiger partial charge in [-0.25, -0.2) is 9.37 Å². The van der Waals surface area contributed by atoms with Crippen molar-refractivity contribution in [2.75, 3.05) is 10.6 Å². The number of para-hydroxylation sites is 1. The quantitative estimate of drug-likeness (QED) is 0.754. The van der Waals surface area contributed by atoms with Gasteiger partial charge in [0.25, 0.3) is 5.91 Å². The van der Waals surface area contributed by atoms with Crippen molar-refractivity contribution in [2.24, 2.45) is 0 Å². The second-order valence-electron chi connectivity index (χ2n) is 5.15. The summed E-state index contributed by atoms with van der Waals surface area (Å²) < 4.78 is 13.6. The molecule has 0 atom stereocenters. The molecule has 1 heterocycles. The van der Waals surface area contributed by atoms with Crippen molar-refractivity contribution in [3.05, 3.63) is 83.8 Å². The van der Waals surface area contributed by atoms with Crippen molar-refractivity contribution >= 4 is 23.1 Å². The molecule has 0 aliphatic carbocycles. The average molecular weight is 332 g/mol. The van der Waals surface area contributed by atoms with Crippen LogP contribution in [0.1, 0.15) is 15.9 Å². The lowest BCUT2D eigenvalue weighted by molar-refractivity contribution is 0.102. The van der Waals surface area contributed by atoms with Gasteiger partial charge in [-0.05, 0) is 36.4 Å². The SMILES string of the molecule is N#Cc1ccccc1Nc1ccc(NC(=O)c2ccccc2F)cn1. The molecule has 0 unspecified atom stereocenters. The molecular formula is C19H13FN4O. The summed E-state index contributed by atoms with van der Waals surface area (Å²) in [5.74, 6) is -0.610. The van der Waals surface area contributed by atoms with Gasteiger partial charge in [0.15, 0.2) is 0 Å². The van der Waals surface area contributed by atoms with E-state index in [0.717, 1.165) is 0 Å². The molecule has 0 saturated heterocycles. The van der Waals surface area contributed by atoms with Crippen molar-refractivity contribution in [1.29, 1.82) is 5.26 Å². The molecule has 0 fully saturated rings. The van der Waals surface area contributed by atoms with Gasteiger partial charge in [0.1, 0.15) is 17.7 Å². The van der Waals surface area contributed by atoms with Crippen LogP contribution in [-0.4, -0.2) is 10.9 Å². The first kappa shape index (κ1) is 16.1. The summed E-state index contributed by atoms with van der Waals surface area (Å²) in [7, 11) is 0. The summed E-state index contributed by atoms with van der Waals surface area (Å²) in [5, 5.41) is 14.7. The monoisotopic (exact) mass is 332 g/mol. The molecule has 0 aliphatic rings. The molecule has 1 amide bonds. The smallest absolute Gasteiger partial charge is 0.258 e. The maximum Gasteiger partial charge on any atom is 0.258 e. The summed E-state index contributed by atoms with van der Waals surface area (Å²) in [4.78, 5) is 16.3. The molecule has 2 aromatic carbocycles. The highest BCUT2D eigenvalue weighted by atomic mass is 19.1. The van der Waals surface area contributed by atoms with E-state index < -0.39 is 11.7 Å². The van der Waals surface area contributed by atoms with Crippen LogP contribution in [0.5, 0.6) is 0 Å². The first-order valence-corrected chi connectivity index (χ1v) is 7.45. The highest BCUT2D eigenvalue weighted by Crippen LogP contribution is 2.20. The molecule has 122 valence electrons. The van der Waals surface area contributed by atoms with Gasteiger partial charge in [0.2, 0.25) is 0 Å². The average Bonchev–Trinajstić information content (AvgIpc) is 2.64. The maximum atomic E-state index is 13.6. The molecule has 0 aliphatic heterocycles. The van der Waals surface area contributed by atoms with E-state index in [9.17, 15) is 9.18 Å². The highest BCUT2D eigenvalue weighted by molar-refractivity contribution is 6.04. The van der Waals surface area contributed by atoms with Crippen molar-refractivity contribution in [3.8, 4) is 6.07 Å². The van der Waals surface area contributed by atoms with E-state index >= 15 is 0 Å². The van der Waals surface area contributed by atoms with Crippen LogP contribution in [0.4, 0.5) is 21.6 Å². The highest BCUT2D eigenvalue weighted by Gasteiger charge is 2.11. The minimum atomic E-state index is -0.584. The Hall–Kier alpha value is -3.72. The molecule has 0 radical (unpaired) electrons. The number of nitriles is 1. The van der Waals surface area contributed by atoms with Crippen molar-refractivity contribution in [3.63, 3.8) is 0 Å². The number of benzene rings is 2. The molecule has 5 nitrogen and oxygen atoms in total. The van der Waals surface area contributed by atoms with E-state index in [1.54, 1.807) is 36.4 Å². The summed E-state index contributed by atoms with van der Waals surface area (Å²) in [6.07, 6.45) is 1.45. The zero-order valence-electron chi connectivity index (χ0n) is 13.0. The molecule has 3 rings (SSSR count). The normalized spacial score (nSPS) is 9.92. The van der Waals surface area contributed by atoms with Crippen molar-refractivity contribution < 1.29 is 9.18 Å². The van der Waals surface area contributed by atoms with Crippen molar-refractivity contribution in [2.45, 2.75) is 0 Å².